The Balaban J connectivity index is 1.56. The third-order valence-corrected chi connectivity index (χ3v) is 5.37. The Morgan fingerprint density at radius 2 is 1.77 bits per heavy atom. The zero-order valence-corrected chi connectivity index (χ0v) is 15.4. The van der Waals surface area contributed by atoms with Crippen molar-refractivity contribution in [3.63, 3.8) is 0 Å². The van der Waals surface area contributed by atoms with Gasteiger partial charge in [0.1, 0.15) is 0 Å². The van der Waals surface area contributed by atoms with Crippen molar-refractivity contribution in [1.29, 1.82) is 0 Å². The van der Waals surface area contributed by atoms with Crippen molar-refractivity contribution in [3.8, 4) is 0 Å². The molecule has 0 bridgehead atoms. The van der Waals surface area contributed by atoms with E-state index in [0.717, 1.165) is 56.1 Å². The van der Waals surface area contributed by atoms with E-state index in [2.05, 4.69) is 16.3 Å². The molecule has 26 heavy (non-hydrogen) atoms. The van der Waals surface area contributed by atoms with E-state index in [1.165, 1.54) is 0 Å². The summed E-state index contributed by atoms with van der Waals surface area (Å²) >= 11 is 6.01. The molecule has 136 valence electrons. The number of nitrogens with one attached hydrogen (secondary N) is 1. The van der Waals surface area contributed by atoms with Crippen LogP contribution < -0.4 is 10.2 Å². The summed E-state index contributed by atoms with van der Waals surface area (Å²) in [6.45, 7) is 3.13. The molecule has 0 spiro atoms. The number of hydrogen-bond donors (Lipinski definition) is 1. The molecule has 1 saturated carbocycles. The summed E-state index contributed by atoms with van der Waals surface area (Å²) in [4.78, 5) is 15.4. The number of morpholine rings is 1. The second kappa shape index (κ2) is 7.68. The van der Waals surface area contributed by atoms with Gasteiger partial charge >= 0.3 is 0 Å². The van der Waals surface area contributed by atoms with Gasteiger partial charge in [0.25, 0.3) is 0 Å². The number of benzene rings is 2. The predicted molar refractivity (Wildman–Crippen MR) is 105 cm³/mol. The fourth-order valence-corrected chi connectivity index (χ4v) is 3.73. The molecule has 2 aliphatic rings. The number of amides is 1. The number of rotatable bonds is 5. The smallest absolute Gasteiger partial charge is 0.232 e. The first-order valence-electron chi connectivity index (χ1n) is 9.20. The first kappa shape index (κ1) is 17.4. The van der Waals surface area contributed by atoms with Gasteiger partial charge in [0.15, 0.2) is 0 Å². The lowest BCUT2D eigenvalue weighted by Gasteiger charge is -2.31. The number of carbonyl (C=O) groups excluding carboxylic acids is 1. The molecule has 1 amide bonds. The number of para-hydroxylation sites is 2. The summed E-state index contributed by atoms with van der Waals surface area (Å²) in [7, 11) is 0. The minimum atomic E-state index is -0.120. The standard InChI is InChI=1S/C21H23ClN2O2/c22-17-9-7-16(8-10-17)20(15-5-6-15)21(25)23-18-3-1-2-4-19(18)24-11-13-26-14-12-24/h1-4,7-10,15,20H,5-6,11-14H2,(H,23,25). The van der Waals surface area contributed by atoms with Crippen LogP contribution in [0, 0.1) is 5.92 Å². The lowest BCUT2D eigenvalue weighted by atomic mass is 9.93. The van der Waals surface area contributed by atoms with Gasteiger partial charge in [-0.1, -0.05) is 35.9 Å². The molecule has 0 aromatic heterocycles. The van der Waals surface area contributed by atoms with Crippen molar-refractivity contribution in [2.24, 2.45) is 5.92 Å². The summed E-state index contributed by atoms with van der Waals surface area (Å²) in [6.07, 6.45) is 2.21. The van der Waals surface area contributed by atoms with Crippen molar-refractivity contribution in [1.82, 2.24) is 0 Å². The first-order chi connectivity index (χ1) is 12.7. The van der Waals surface area contributed by atoms with E-state index in [1.807, 2.05) is 42.5 Å². The molecule has 2 aromatic carbocycles. The van der Waals surface area contributed by atoms with Gasteiger partial charge in [-0.05, 0) is 48.6 Å². The van der Waals surface area contributed by atoms with E-state index < -0.39 is 0 Å². The summed E-state index contributed by atoms with van der Waals surface area (Å²) < 4.78 is 5.45. The van der Waals surface area contributed by atoms with Crippen LogP contribution in [-0.4, -0.2) is 32.2 Å². The quantitative estimate of drug-likeness (QED) is 0.852. The van der Waals surface area contributed by atoms with Crippen LogP contribution >= 0.6 is 11.6 Å². The molecular weight excluding hydrogens is 348 g/mol. The molecule has 0 radical (unpaired) electrons. The molecule has 2 fully saturated rings. The monoisotopic (exact) mass is 370 g/mol. The maximum absolute atomic E-state index is 13.1. The minimum absolute atomic E-state index is 0.0653. The highest BCUT2D eigenvalue weighted by Gasteiger charge is 2.37. The van der Waals surface area contributed by atoms with Gasteiger partial charge in [-0.25, -0.2) is 0 Å². The van der Waals surface area contributed by atoms with E-state index >= 15 is 0 Å². The van der Waals surface area contributed by atoms with E-state index in [9.17, 15) is 4.79 Å². The van der Waals surface area contributed by atoms with Crippen molar-refractivity contribution in [2.45, 2.75) is 18.8 Å². The van der Waals surface area contributed by atoms with Crippen molar-refractivity contribution < 1.29 is 9.53 Å². The molecule has 2 aromatic rings. The highest BCUT2D eigenvalue weighted by molar-refractivity contribution is 6.30. The molecule has 5 heteroatoms. The van der Waals surface area contributed by atoms with Crippen LogP contribution in [-0.2, 0) is 9.53 Å². The van der Waals surface area contributed by atoms with Gasteiger partial charge in [-0.3, -0.25) is 4.79 Å². The van der Waals surface area contributed by atoms with Crippen LogP contribution in [0.3, 0.4) is 0 Å². The second-order valence-corrected chi connectivity index (χ2v) is 7.41. The zero-order chi connectivity index (χ0) is 17.9. The molecule has 1 aliphatic carbocycles. The number of hydrogen-bond acceptors (Lipinski definition) is 3. The third-order valence-electron chi connectivity index (χ3n) is 5.12. The van der Waals surface area contributed by atoms with Gasteiger partial charge in [0.2, 0.25) is 5.91 Å². The Morgan fingerprint density at radius 3 is 2.46 bits per heavy atom. The zero-order valence-electron chi connectivity index (χ0n) is 14.7. The van der Waals surface area contributed by atoms with E-state index in [0.29, 0.717) is 10.9 Å². The van der Waals surface area contributed by atoms with Crippen molar-refractivity contribution >= 4 is 28.9 Å². The number of carbonyl (C=O) groups is 1. The van der Waals surface area contributed by atoms with E-state index in [1.54, 1.807) is 0 Å². The van der Waals surface area contributed by atoms with Crippen LogP contribution in [0.15, 0.2) is 48.5 Å². The number of halogens is 1. The molecule has 1 unspecified atom stereocenters. The molecular formula is C21H23ClN2O2. The molecule has 1 aliphatic heterocycles. The molecule has 1 saturated heterocycles. The highest BCUT2D eigenvalue weighted by Crippen LogP contribution is 2.43. The van der Waals surface area contributed by atoms with Gasteiger partial charge in [0.05, 0.1) is 30.5 Å². The van der Waals surface area contributed by atoms with Crippen molar-refractivity contribution in [3.05, 3.63) is 59.1 Å². The van der Waals surface area contributed by atoms with Crippen LogP contribution in [0.5, 0.6) is 0 Å². The topological polar surface area (TPSA) is 41.6 Å². The van der Waals surface area contributed by atoms with Gasteiger partial charge < -0.3 is 15.0 Å². The minimum Gasteiger partial charge on any atom is -0.378 e. The fourth-order valence-electron chi connectivity index (χ4n) is 3.61. The average Bonchev–Trinajstić information content (AvgIpc) is 3.50. The molecule has 4 rings (SSSR count). The van der Waals surface area contributed by atoms with Crippen LogP contribution in [0.4, 0.5) is 11.4 Å². The molecule has 4 nitrogen and oxygen atoms in total. The normalized spacial score (nSPS) is 18.4. The Labute approximate surface area is 159 Å². The lowest BCUT2D eigenvalue weighted by Crippen LogP contribution is -2.37. The van der Waals surface area contributed by atoms with Crippen LogP contribution in [0.1, 0.15) is 24.3 Å². The van der Waals surface area contributed by atoms with Crippen molar-refractivity contribution in [2.75, 3.05) is 36.5 Å². The Hall–Kier alpha value is -2.04. The van der Waals surface area contributed by atoms with Gasteiger partial charge in [-0.2, -0.15) is 0 Å². The largest absolute Gasteiger partial charge is 0.378 e. The highest BCUT2D eigenvalue weighted by atomic mass is 35.5. The predicted octanol–water partition coefficient (Wildman–Crippen LogP) is 4.31. The van der Waals surface area contributed by atoms with Gasteiger partial charge in [-0.15, -0.1) is 0 Å². The molecule has 1 atom stereocenters. The van der Waals surface area contributed by atoms with Crippen LogP contribution in [0.2, 0.25) is 5.02 Å². The molecule has 1 heterocycles. The summed E-state index contributed by atoms with van der Waals surface area (Å²) in [5, 5.41) is 3.88. The van der Waals surface area contributed by atoms with E-state index in [-0.39, 0.29) is 11.8 Å². The Kier molecular flexibility index (Phi) is 5.14. The number of nitrogens with zero attached hydrogens (tertiary/aromatic N) is 1. The first-order valence-corrected chi connectivity index (χ1v) is 9.58. The van der Waals surface area contributed by atoms with E-state index in [4.69, 9.17) is 16.3 Å². The van der Waals surface area contributed by atoms with Gasteiger partial charge in [0, 0.05) is 18.1 Å². The number of anilines is 2. The Bertz CT molecular complexity index is 768. The molecule has 1 N–H and O–H groups in total. The maximum Gasteiger partial charge on any atom is 0.232 e. The summed E-state index contributed by atoms with van der Waals surface area (Å²) in [5.74, 6) is 0.368. The fraction of sp³-hybridized carbons (Fsp3) is 0.381. The number of ether oxygens (including phenoxy) is 1. The summed E-state index contributed by atoms with van der Waals surface area (Å²) in [5.41, 5.74) is 2.98. The third kappa shape index (κ3) is 3.87. The summed E-state index contributed by atoms with van der Waals surface area (Å²) in [6, 6.07) is 15.7. The second-order valence-electron chi connectivity index (χ2n) is 6.97. The lowest BCUT2D eigenvalue weighted by molar-refractivity contribution is -0.118. The average molecular weight is 371 g/mol. The SMILES string of the molecule is O=C(Nc1ccccc1N1CCOCC1)C(c1ccc(Cl)cc1)C1CC1. The van der Waals surface area contributed by atoms with Crippen LogP contribution in [0.25, 0.3) is 0 Å². The maximum atomic E-state index is 13.1. The Morgan fingerprint density at radius 1 is 1.08 bits per heavy atom.